The van der Waals surface area contributed by atoms with Gasteiger partial charge < -0.3 is 5.32 Å². The zero-order valence-electron chi connectivity index (χ0n) is 9.07. The minimum Gasteiger partial charge on any atom is -0.325 e. The molecule has 0 saturated carbocycles. The van der Waals surface area contributed by atoms with Crippen LogP contribution in [0.1, 0.15) is 30.7 Å². The van der Waals surface area contributed by atoms with Crippen LogP contribution in [0.15, 0.2) is 29.3 Å². The molecule has 0 aliphatic carbocycles. The van der Waals surface area contributed by atoms with E-state index in [2.05, 4.69) is 10.3 Å². The number of hydrogen-bond donors (Lipinski definition) is 1. The summed E-state index contributed by atoms with van der Waals surface area (Å²) >= 11 is 0. The minimum atomic E-state index is -0.128. The molecule has 1 aromatic carbocycles. The van der Waals surface area contributed by atoms with Crippen molar-refractivity contribution < 1.29 is 4.79 Å². The minimum absolute atomic E-state index is 0.0850. The molecule has 3 nitrogen and oxygen atoms in total. The lowest BCUT2D eigenvalue weighted by molar-refractivity contribution is -0.115. The molecule has 0 fully saturated rings. The number of rotatable bonds is 1. The van der Waals surface area contributed by atoms with Crippen molar-refractivity contribution in [2.45, 2.75) is 25.2 Å². The first-order valence-corrected chi connectivity index (χ1v) is 5.79. The van der Waals surface area contributed by atoms with Crippen molar-refractivity contribution in [1.29, 1.82) is 0 Å². The molecule has 3 rings (SSSR count). The smallest absolute Gasteiger partial charge is 0.237 e. The van der Waals surface area contributed by atoms with Gasteiger partial charge in [-0.25, -0.2) is 0 Å². The second kappa shape index (κ2) is 3.74. The SMILES string of the molecule is O=C1Nc2ccccc2[C@@H]1C1=NCCCC1. The van der Waals surface area contributed by atoms with Gasteiger partial charge in [-0.05, 0) is 30.9 Å². The van der Waals surface area contributed by atoms with Gasteiger partial charge in [0.1, 0.15) is 5.92 Å². The summed E-state index contributed by atoms with van der Waals surface area (Å²) in [5, 5.41) is 2.92. The molecule has 2 aliphatic heterocycles. The first kappa shape index (κ1) is 9.58. The standard InChI is InChI=1S/C13H14N2O/c16-13-12(11-7-3-4-8-14-11)9-5-1-2-6-10(9)15-13/h1-2,5-6,12H,3-4,7-8H2,(H,15,16)/t12-/m1/s1. The molecule has 0 unspecified atom stereocenters. The number of hydrogen-bond acceptors (Lipinski definition) is 2. The highest BCUT2D eigenvalue weighted by atomic mass is 16.2. The fraction of sp³-hybridized carbons (Fsp3) is 0.385. The monoisotopic (exact) mass is 214 g/mol. The van der Waals surface area contributed by atoms with Crippen LogP contribution < -0.4 is 5.32 Å². The van der Waals surface area contributed by atoms with E-state index < -0.39 is 0 Å². The fourth-order valence-corrected chi connectivity index (χ4v) is 2.49. The van der Waals surface area contributed by atoms with Crippen LogP contribution in [0.25, 0.3) is 0 Å². The van der Waals surface area contributed by atoms with Gasteiger partial charge in [0.25, 0.3) is 0 Å². The van der Waals surface area contributed by atoms with E-state index >= 15 is 0 Å². The second-order valence-corrected chi connectivity index (χ2v) is 4.34. The number of fused-ring (bicyclic) bond motifs is 1. The summed E-state index contributed by atoms with van der Waals surface area (Å²) in [6.45, 7) is 0.876. The molecule has 16 heavy (non-hydrogen) atoms. The number of nitrogens with zero attached hydrogens (tertiary/aromatic N) is 1. The highest BCUT2D eigenvalue weighted by Crippen LogP contribution is 2.35. The van der Waals surface area contributed by atoms with E-state index in [1.807, 2.05) is 24.3 Å². The van der Waals surface area contributed by atoms with Gasteiger partial charge in [0, 0.05) is 17.9 Å². The van der Waals surface area contributed by atoms with Crippen molar-refractivity contribution in [3.05, 3.63) is 29.8 Å². The molecule has 1 N–H and O–H groups in total. The first-order valence-electron chi connectivity index (χ1n) is 5.79. The Morgan fingerprint density at radius 1 is 1.25 bits per heavy atom. The van der Waals surface area contributed by atoms with Crippen LogP contribution in [-0.2, 0) is 4.79 Å². The molecular formula is C13H14N2O. The number of anilines is 1. The highest BCUT2D eigenvalue weighted by Gasteiger charge is 2.34. The van der Waals surface area contributed by atoms with Gasteiger partial charge in [0.2, 0.25) is 5.91 Å². The molecular weight excluding hydrogens is 200 g/mol. The van der Waals surface area contributed by atoms with E-state index in [9.17, 15) is 4.79 Å². The van der Waals surface area contributed by atoms with Crippen molar-refractivity contribution in [3.8, 4) is 0 Å². The lowest BCUT2D eigenvalue weighted by Crippen LogP contribution is -2.23. The topological polar surface area (TPSA) is 41.5 Å². The molecule has 1 aromatic rings. The Kier molecular flexibility index (Phi) is 2.24. The third kappa shape index (κ3) is 1.43. The summed E-state index contributed by atoms with van der Waals surface area (Å²) in [6, 6.07) is 7.91. The Bertz CT molecular complexity index is 465. The highest BCUT2D eigenvalue weighted by molar-refractivity contribution is 6.18. The van der Waals surface area contributed by atoms with Crippen LogP contribution in [0.2, 0.25) is 0 Å². The lowest BCUT2D eigenvalue weighted by atomic mass is 9.91. The Balaban J connectivity index is 2.01. The summed E-state index contributed by atoms with van der Waals surface area (Å²) in [4.78, 5) is 16.5. The Hall–Kier alpha value is -1.64. The molecule has 0 bridgehead atoms. The van der Waals surface area contributed by atoms with Crippen molar-refractivity contribution >= 4 is 17.3 Å². The normalized spacial score (nSPS) is 23.6. The van der Waals surface area contributed by atoms with Gasteiger partial charge in [0.05, 0.1) is 0 Å². The number of carbonyl (C=O) groups excluding carboxylic acids is 1. The summed E-state index contributed by atoms with van der Waals surface area (Å²) in [7, 11) is 0. The average Bonchev–Trinajstić information content (AvgIpc) is 2.66. The predicted molar refractivity (Wildman–Crippen MR) is 64.0 cm³/mol. The summed E-state index contributed by atoms with van der Waals surface area (Å²) in [5.41, 5.74) is 3.10. The van der Waals surface area contributed by atoms with Gasteiger partial charge in [-0.15, -0.1) is 0 Å². The van der Waals surface area contributed by atoms with Gasteiger partial charge in [-0.2, -0.15) is 0 Å². The van der Waals surface area contributed by atoms with Gasteiger partial charge in [-0.3, -0.25) is 9.79 Å². The maximum atomic E-state index is 11.9. The molecule has 2 aliphatic rings. The van der Waals surface area contributed by atoms with E-state index in [0.717, 1.165) is 42.8 Å². The molecule has 2 heterocycles. The van der Waals surface area contributed by atoms with Crippen molar-refractivity contribution in [3.63, 3.8) is 0 Å². The van der Waals surface area contributed by atoms with Crippen molar-refractivity contribution in [2.75, 3.05) is 11.9 Å². The molecule has 1 amide bonds. The van der Waals surface area contributed by atoms with E-state index in [4.69, 9.17) is 0 Å². The van der Waals surface area contributed by atoms with Crippen LogP contribution in [0.4, 0.5) is 5.69 Å². The average molecular weight is 214 g/mol. The van der Waals surface area contributed by atoms with Crippen LogP contribution in [-0.4, -0.2) is 18.2 Å². The molecule has 3 heteroatoms. The summed E-state index contributed by atoms with van der Waals surface area (Å²) in [6.07, 6.45) is 3.27. The number of amides is 1. The third-order valence-corrected chi connectivity index (χ3v) is 3.28. The fourth-order valence-electron chi connectivity index (χ4n) is 2.49. The van der Waals surface area contributed by atoms with Crippen LogP contribution in [0.5, 0.6) is 0 Å². The first-order chi connectivity index (χ1) is 7.86. The number of nitrogens with one attached hydrogen (secondary N) is 1. The van der Waals surface area contributed by atoms with E-state index in [1.165, 1.54) is 0 Å². The maximum Gasteiger partial charge on any atom is 0.237 e. The Morgan fingerprint density at radius 3 is 2.94 bits per heavy atom. The quantitative estimate of drug-likeness (QED) is 0.766. The van der Waals surface area contributed by atoms with E-state index in [-0.39, 0.29) is 11.8 Å². The third-order valence-electron chi connectivity index (χ3n) is 3.28. The van der Waals surface area contributed by atoms with Gasteiger partial charge in [-0.1, -0.05) is 18.2 Å². The van der Waals surface area contributed by atoms with Gasteiger partial charge in [0.15, 0.2) is 0 Å². The Labute approximate surface area is 94.6 Å². The van der Waals surface area contributed by atoms with Crippen LogP contribution >= 0.6 is 0 Å². The second-order valence-electron chi connectivity index (χ2n) is 4.34. The van der Waals surface area contributed by atoms with E-state index in [1.54, 1.807) is 0 Å². The number of carbonyl (C=O) groups is 1. The summed E-state index contributed by atoms with van der Waals surface area (Å²) < 4.78 is 0. The van der Waals surface area contributed by atoms with Crippen molar-refractivity contribution in [1.82, 2.24) is 0 Å². The number of para-hydroxylation sites is 1. The van der Waals surface area contributed by atoms with Crippen LogP contribution in [0.3, 0.4) is 0 Å². The predicted octanol–water partition coefficient (Wildman–Crippen LogP) is 2.35. The molecule has 1 atom stereocenters. The van der Waals surface area contributed by atoms with Crippen molar-refractivity contribution in [2.24, 2.45) is 4.99 Å². The molecule has 0 saturated heterocycles. The molecule has 0 aromatic heterocycles. The van der Waals surface area contributed by atoms with Crippen LogP contribution in [0, 0.1) is 0 Å². The zero-order valence-corrected chi connectivity index (χ0v) is 9.07. The largest absolute Gasteiger partial charge is 0.325 e. The maximum absolute atomic E-state index is 11.9. The summed E-state index contributed by atoms with van der Waals surface area (Å²) in [5.74, 6) is -0.0432. The molecule has 0 spiro atoms. The zero-order chi connectivity index (χ0) is 11.0. The molecule has 0 radical (unpaired) electrons. The number of benzene rings is 1. The van der Waals surface area contributed by atoms with E-state index in [0.29, 0.717) is 0 Å². The Morgan fingerprint density at radius 2 is 2.12 bits per heavy atom. The lowest BCUT2D eigenvalue weighted by Gasteiger charge is -2.16. The van der Waals surface area contributed by atoms with Gasteiger partial charge >= 0.3 is 0 Å². The number of aliphatic imine (C=N–C) groups is 1. The molecule has 82 valence electrons.